The van der Waals surface area contributed by atoms with Crippen molar-refractivity contribution in [1.29, 1.82) is 0 Å². The van der Waals surface area contributed by atoms with E-state index in [1.165, 1.54) is 32.1 Å². The van der Waals surface area contributed by atoms with Crippen LogP contribution in [0.5, 0.6) is 0 Å². The first kappa shape index (κ1) is 19.6. The maximum absolute atomic E-state index is 12.4. The molecule has 0 bridgehead atoms. The molecule has 0 atom stereocenters. The minimum atomic E-state index is -3.37. The van der Waals surface area contributed by atoms with Crippen molar-refractivity contribution in [2.24, 2.45) is 5.92 Å². The van der Waals surface area contributed by atoms with E-state index in [0.717, 1.165) is 12.3 Å². The van der Waals surface area contributed by atoms with Crippen LogP contribution in [0.1, 0.15) is 54.4 Å². The van der Waals surface area contributed by atoms with Gasteiger partial charge in [-0.2, -0.15) is 0 Å². The molecule has 3 rings (SSSR count). The average Bonchev–Trinajstić information content (AvgIpc) is 2.70. The molecule has 2 aromatic rings. The number of hydrogen-bond acceptors (Lipinski definition) is 3. The monoisotopic (exact) mass is 385 g/mol. The fourth-order valence-electron chi connectivity index (χ4n) is 3.65. The predicted octanol–water partition coefficient (Wildman–Crippen LogP) is 4.36. The van der Waals surface area contributed by atoms with Crippen LogP contribution < -0.4 is 5.32 Å². The smallest absolute Gasteiger partial charge is 0.251 e. The molecule has 0 unspecified atom stereocenters. The van der Waals surface area contributed by atoms with Gasteiger partial charge in [-0.1, -0.05) is 62.4 Å². The van der Waals surface area contributed by atoms with Crippen LogP contribution in [0.2, 0.25) is 0 Å². The highest BCUT2D eigenvalue weighted by molar-refractivity contribution is 7.90. The molecule has 0 aliphatic heterocycles. The Morgan fingerprint density at radius 1 is 0.926 bits per heavy atom. The first-order chi connectivity index (χ1) is 13.0. The standard InChI is InChI=1S/C22H27NO3S/c24-22(23-16-15-18-7-3-1-4-8-18)20-13-11-19(12-14-20)17-27(25,26)21-9-5-2-6-10-21/h2,5-6,9-14,18H,1,3-4,7-8,15-17H2,(H,23,24). The van der Waals surface area contributed by atoms with Crippen molar-refractivity contribution in [3.8, 4) is 0 Å². The lowest BCUT2D eigenvalue weighted by Crippen LogP contribution is -2.26. The van der Waals surface area contributed by atoms with Crippen molar-refractivity contribution in [1.82, 2.24) is 5.32 Å². The molecule has 1 fully saturated rings. The van der Waals surface area contributed by atoms with Gasteiger partial charge in [-0.15, -0.1) is 0 Å². The van der Waals surface area contributed by atoms with Gasteiger partial charge in [0.05, 0.1) is 10.6 Å². The van der Waals surface area contributed by atoms with Crippen molar-refractivity contribution < 1.29 is 13.2 Å². The lowest BCUT2D eigenvalue weighted by atomic mass is 9.87. The number of sulfone groups is 1. The van der Waals surface area contributed by atoms with E-state index in [4.69, 9.17) is 0 Å². The third kappa shape index (κ3) is 5.67. The molecule has 4 nitrogen and oxygen atoms in total. The second kappa shape index (κ2) is 9.18. The molecule has 1 aliphatic carbocycles. The van der Waals surface area contributed by atoms with Gasteiger partial charge in [0.2, 0.25) is 0 Å². The van der Waals surface area contributed by atoms with Crippen LogP contribution in [0.4, 0.5) is 0 Å². The summed E-state index contributed by atoms with van der Waals surface area (Å²) in [5.74, 6) is 0.577. The van der Waals surface area contributed by atoms with E-state index in [2.05, 4.69) is 5.32 Å². The van der Waals surface area contributed by atoms with Gasteiger partial charge in [-0.25, -0.2) is 8.42 Å². The molecule has 1 aliphatic rings. The molecule has 5 heteroatoms. The third-order valence-corrected chi connectivity index (χ3v) is 6.94. The highest BCUT2D eigenvalue weighted by Gasteiger charge is 2.16. The van der Waals surface area contributed by atoms with E-state index in [1.54, 1.807) is 54.6 Å². The summed E-state index contributed by atoms with van der Waals surface area (Å²) >= 11 is 0. The Morgan fingerprint density at radius 3 is 2.26 bits per heavy atom. The first-order valence-electron chi connectivity index (χ1n) is 9.69. The van der Waals surface area contributed by atoms with Crippen LogP contribution in [0, 0.1) is 5.92 Å². The number of hydrogen-bond donors (Lipinski definition) is 1. The lowest BCUT2D eigenvalue weighted by molar-refractivity contribution is 0.0950. The molecule has 27 heavy (non-hydrogen) atoms. The molecule has 0 aromatic heterocycles. The Morgan fingerprint density at radius 2 is 1.59 bits per heavy atom. The Balaban J connectivity index is 1.52. The number of carbonyl (C=O) groups excluding carboxylic acids is 1. The summed E-state index contributed by atoms with van der Waals surface area (Å²) in [7, 11) is -3.37. The SMILES string of the molecule is O=C(NCCC1CCCCC1)c1ccc(CS(=O)(=O)c2ccccc2)cc1. The number of amides is 1. The Hall–Kier alpha value is -2.14. The third-order valence-electron chi connectivity index (χ3n) is 5.24. The zero-order valence-electron chi connectivity index (χ0n) is 15.6. The largest absolute Gasteiger partial charge is 0.352 e. The number of benzene rings is 2. The average molecular weight is 386 g/mol. The number of carbonyl (C=O) groups is 1. The molecule has 144 valence electrons. The minimum Gasteiger partial charge on any atom is -0.352 e. The number of rotatable bonds is 7. The lowest BCUT2D eigenvalue weighted by Gasteiger charge is -2.21. The van der Waals surface area contributed by atoms with Gasteiger partial charge < -0.3 is 5.32 Å². The summed E-state index contributed by atoms with van der Waals surface area (Å²) in [5.41, 5.74) is 1.25. The van der Waals surface area contributed by atoms with E-state index >= 15 is 0 Å². The normalized spacial score (nSPS) is 15.4. The van der Waals surface area contributed by atoms with E-state index < -0.39 is 9.84 Å². The first-order valence-corrected chi connectivity index (χ1v) is 11.3. The molecule has 1 amide bonds. The second-order valence-corrected chi connectivity index (χ2v) is 9.31. The Labute approximate surface area is 161 Å². The summed E-state index contributed by atoms with van der Waals surface area (Å²) in [5, 5.41) is 2.98. The Kier molecular flexibility index (Phi) is 6.67. The van der Waals surface area contributed by atoms with Gasteiger partial charge in [-0.3, -0.25) is 4.79 Å². The molecular weight excluding hydrogens is 358 g/mol. The summed E-state index contributed by atoms with van der Waals surface area (Å²) in [6.45, 7) is 0.702. The van der Waals surface area contributed by atoms with Crippen LogP contribution >= 0.6 is 0 Å². The van der Waals surface area contributed by atoms with E-state index in [9.17, 15) is 13.2 Å². The number of nitrogens with one attached hydrogen (secondary N) is 1. The molecule has 0 saturated heterocycles. The van der Waals surface area contributed by atoms with Gasteiger partial charge in [0.1, 0.15) is 0 Å². The summed E-state index contributed by atoms with van der Waals surface area (Å²) in [6, 6.07) is 15.3. The van der Waals surface area contributed by atoms with E-state index in [-0.39, 0.29) is 11.7 Å². The highest BCUT2D eigenvalue weighted by Crippen LogP contribution is 2.25. The van der Waals surface area contributed by atoms with E-state index in [1.807, 2.05) is 0 Å². The van der Waals surface area contributed by atoms with Crippen molar-refractivity contribution >= 4 is 15.7 Å². The zero-order valence-corrected chi connectivity index (χ0v) is 16.4. The molecular formula is C22H27NO3S. The minimum absolute atomic E-state index is 0.0689. The zero-order chi connectivity index (χ0) is 19.1. The molecule has 0 radical (unpaired) electrons. The maximum Gasteiger partial charge on any atom is 0.251 e. The van der Waals surface area contributed by atoms with Gasteiger partial charge in [0, 0.05) is 12.1 Å². The van der Waals surface area contributed by atoms with Crippen LogP contribution in [-0.2, 0) is 15.6 Å². The fraction of sp³-hybridized carbons (Fsp3) is 0.409. The fourth-order valence-corrected chi connectivity index (χ4v) is 5.02. The van der Waals surface area contributed by atoms with Crippen molar-refractivity contribution in [2.45, 2.75) is 49.2 Å². The summed E-state index contributed by atoms with van der Waals surface area (Å²) in [4.78, 5) is 12.6. The quantitative estimate of drug-likeness (QED) is 0.770. The van der Waals surface area contributed by atoms with Crippen molar-refractivity contribution in [3.05, 3.63) is 65.7 Å². The van der Waals surface area contributed by atoms with Crippen molar-refractivity contribution in [3.63, 3.8) is 0 Å². The molecule has 0 spiro atoms. The maximum atomic E-state index is 12.4. The topological polar surface area (TPSA) is 63.2 Å². The highest BCUT2D eigenvalue weighted by atomic mass is 32.2. The van der Waals surface area contributed by atoms with Gasteiger partial charge in [0.25, 0.3) is 5.91 Å². The van der Waals surface area contributed by atoms with Crippen LogP contribution in [0.25, 0.3) is 0 Å². The molecule has 2 aromatic carbocycles. The van der Waals surface area contributed by atoms with Crippen LogP contribution in [-0.4, -0.2) is 20.9 Å². The van der Waals surface area contributed by atoms with Gasteiger partial charge >= 0.3 is 0 Å². The van der Waals surface area contributed by atoms with Gasteiger partial charge in [-0.05, 0) is 42.2 Å². The van der Waals surface area contributed by atoms with Crippen LogP contribution in [0.15, 0.2) is 59.5 Å². The second-order valence-electron chi connectivity index (χ2n) is 7.32. The van der Waals surface area contributed by atoms with Gasteiger partial charge in [0.15, 0.2) is 9.84 Å². The molecule has 0 heterocycles. The summed E-state index contributed by atoms with van der Waals surface area (Å²) < 4.78 is 24.9. The van der Waals surface area contributed by atoms with Crippen LogP contribution in [0.3, 0.4) is 0 Å². The predicted molar refractivity (Wildman–Crippen MR) is 107 cm³/mol. The molecule has 1 N–H and O–H groups in total. The van der Waals surface area contributed by atoms with Crippen molar-refractivity contribution in [2.75, 3.05) is 6.54 Å². The Bertz CT molecular complexity index is 839. The molecule has 1 saturated carbocycles. The summed E-state index contributed by atoms with van der Waals surface area (Å²) in [6.07, 6.45) is 7.56. The van der Waals surface area contributed by atoms with E-state index in [0.29, 0.717) is 22.6 Å².